The van der Waals surface area contributed by atoms with Gasteiger partial charge in [0.25, 0.3) is 0 Å². The van der Waals surface area contributed by atoms with E-state index in [2.05, 4.69) is 10.9 Å². The van der Waals surface area contributed by atoms with Crippen LogP contribution in [0, 0.1) is 12.3 Å². The molecule has 0 N–H and O–H groups in total. The van der Waals surface area contributed by atoms with Gasteiger partial charge in [0.1, 0.15) is 17.9 Å². The fraction of sp³-hybridized carbons (Fsp3) is 0.308. The summed E-state index contributed by atoms with van der Waals surface area (Å²) in [5.41, 5.74) is 1.89. The summed E-state index contributed by atoms with van der Waals surface area (Å²) in [6.07, 6.45) is 6.89. The topological polar surface area (TPSA) is 27.1 Å². The van der Waals surface area contributed by atoms with Gasteiger partial charge in [-0.05, 0) is 12.1 Å². The lowest BCUT2D eigenvalue weighted by Gasteiger charge is -2.04. The number of rotatable bonds is 2. The van der Waals surface area contributed by atoms with E-state index >= 15 is 0 Å². The van der Waals surface area contributed by atoms with E-state index in [0.29, 0.717) is 0 Å². The van der Waals surface area contributed by atoms with E-state index in [1.54, 1.807) is 6.33 Å². The molecule has 3 heteroatoms. The Morgan fingerprint density at radius 3 is 2.88 bits per heavy atom. The van der Waals surface area contributed by atoms with Gasteiger partial charge in [-0.2, -0.15) is 0 Å². The minimum Gasteiger partial charge on any atom is -0.479 e. The Morgan fingerprint density at radius 2 is 2.19 bits per heavy atom. The third-order valence-corrected chi connectivity index (χ3v) is 2.01. The molecule has 0 unspecified atom stereocenters. The summed E-state index contributed by atoms with van der Waals surface area (Å²) >= 11 is 0. The van der Waals surface area contributed by atoms with E-state index in [0.717, 1.165) is 16.8 Å². The van der Waals surface area contributed by atoms with Crippen molar-refractivity contribution in [1.82, 2.24) is 9.55 Å². The Kier molecular flexibility index (Phi) is 4.41. The van der Waals surface area contributed by atoms with Gasteiger partial charge in [-0.25, -0.2) is 4.98 Å². The van der Waals surface area contributed by atoms with Gasteiger partial charge in [-0.3, -0.25) is 0 Å². The summed E-state index contributed by atoms with van der Waals surface area (Å²) in [7, 11) is 1.93. The van der Waals surface area contributed by atoms with Crippen LogP contribution in [0.15, 0.2) is 24.5 Å². The number of ether oxygens (including phenoxy) is 1. The molecule has 1 heterocycles. The highest BCUT2D eigenvalue weighted by molar-refractivity contribution is 5.81. The molecule has 0 saturated carbocycles. The molecule has 2 rings (SSSR count). The second kappa shape index (κ2) is 5.82. The zero-order chi connectivity index (χ0) is 12.0. The van der Waals surface area contributed by atoms with Crippen molar-refractivity contribution >= 4 is 11.0 Å². The van der Waals surface area contributed by atoms with Crippen molar-refractivity contribution < 1.29 is 4.74 Å². The first-order valence-electron chi connectivity index (χ1n) is 5.29. The summed E-state index contributed by atoms with van der Waals surface area (Å²) < 4.78 is 7.33. The van der Waals surface area contributed by atoms with Crippen LogP contribution in [0.4, 0.5) is 0 Å². The van der Waals surface area contributed by atoms with Crippen LogP contribution in [0.5, 0.6) is 5.75 Å². The predicted octanol–water partition coefficient (Wildman–Crippen LogP) is 2.61. The number of para-hydroxylation sites is 1. The Hall–Kier alpha value is -1.95. The van der Waals surface area contributed by atoms with Crippen molar-refractivity contribution in [3.05, 3.63) is 24.5 Å². The molecular weight excluding hydrogens is 200 g/mol. The number of aryl methyl sites for hydroxylation is 1. The SMILES string of the molecule is C#CCOc1cccc2ncn(C)c12.CC. The van der Waals surface area contributed by atoms with Crippen LogP contribution in [-0.2, 0) is 7.05 Å². The zero-order valence-electron chi connectivity index (χ0n) is 9.90. The number of aromatic nitrogens is 2. The van der Waals surface area contributed by atoms with Crippen LogP contribution in [0.3, 0.4) is 0 Å². The summed E-state index contributed by atoms with van der Waals surface area (Å²) in [6, 6.07) is 5.74. The molecule has 0 fully saturated rings. The van der Waals surface area contributed by atoms with E-state index < -0.39 is 0 Å². The van der Waals surface area contributed by atoms with Gasteiger partial charge in [0.2, 0.25) is 0 Å². The van der Waals surface area contributed by atoms with Crippen molar-refractivity contribution in [3.8, 4) is 18.1 Å². The molecule has 0 aliphatic rings. The molecule has 2 aromatic rings. The maximum Gasteiger partial charge on any atom is 0.148 e. The Morgan fingerprint density at radius 1 is 1.44 bits per heavy atom. The molecule has 0 aliphatic heterocycles. The van der Waals surface area contributed by atoms with Gasteiger partial charge in [-0.15, -0.1) is 6.42 Å². The van der Waals surface area contributed by atoms with Gasteiger partial charge in [-0.1, -0.05) is 25.8 Å². The first kappa shape index (κ1) is 12.1. The van der Waals surface area contributed by atoms with Crippen LogP contribution in [-0.4, -0.2) is 16.2 Å². The van der Waals surface area contributed by atoms with Crippen LogP contribution in [0.2, 0.25) is 0 Å². The molecule has 3 nitrogen and oxygen atoms in total. The summed E-state index contributed by atoms with van der Waals surface area (Å²) in [6.45, 7) is 4.28. The number of benzene rings is 1. The quantitative estimate of drug-likeness (QED) is 0.721. The molecule has 0 amide bonds. The van der Waals surface area contributed by atoms with Crippen molar-refractivity contribution in [2.45, 2.75) is 13.8 Å². The Balaban J connectivity index is 0.000000606. The maximum atomic E-state index is 5.41. The lowest BCUT2D eigenvalue weighted by molar-refractivity contribution is 0.373. The normalized spacial score (nSPS) is 9.12. The molecule has 16 heavy (non-hydrogen) atoms. The first-order chi connectivity index (χ1) is 7.83. The molecule has 0 atom stereocenters. The minimum absolute atomic E-state index is 0.282. The van der Waals surface area contributed by atoms with Crippen molar-refractivity contribution in [3.63, 3.8) is 0 Å². The third-order valence-electron chi connectivity index (χ3n) is 2.01. The van der Waals surface area contributed by atoms with Crippen LogP contribution in [0.25, 0.3) is 11.0 Å². The van der Waals surface area contributed by atoms with E-state index in [1.165, 1.54) is 0 Å². The highest BCUT2D eigenvalue weighted by atomic mass is 16.5. The Labute approximate surface area is 96.1 Å². The summed E-state index contributed by atoms with van der Waals surface area (Å²) in [5, 5.41) is 0. The van der Waals surface area contributed by atoms with Gasteiger partial charge in [0, 0.05) is 7.05 Å². The molecule has 0 spiro atoms. The summed E-state index contributed by atoms with van der Waals surface area (Å²) in [4.78, 5) is 4.22. The van der Waals surface area contributed by atoms with Crippen molar-refractivity contribution in [2.24, 2.45) is 7.05 Å². The monoisotopic (exact) mass is 216 g/mol. The van der Waals surface area contributed by atoms with E-state index in [4.69, 9.17) is 11.2 Å². The molecule has 0 saturated heterocycles. The molecule has 1 aromatic heterocycles. The molecular formula is C13H16N2O. The lowest BCUT2D eigenvalue weighted by atomic mass is 10.3. The second-order valence-corrected chi connectivity index (χ2v) is 2.97. The van der Waals surface area contributed by atoms with Crippen LogP contribution < -0.4 is 4.74 Å². The average Bonchev–Trinajstić information content (AvgIpc) is 2.72. The van der Waals surface area contributed by atoms with Crippen LogP contribution >= 0.6 is 0 Å². The van der Waals surface area contributed by atoms with Gasteiger partial charge < -0.3 is 9.30 Å². The fourth-order valence-electron chi connectivity index (χ4n) is 1.41. The maximum absolute atomic E-state index is 5.41. The lowest BCUT2D eigenvalue weighted by Crippen LogP contribution is -1.96. The molecule has 1 aromatic carbocycles. The number of terminal acetylenes is 1. The number of hydrogen-bond acceptors (Lipinski definition) is 2. The van der Waals surface area contributed by atoms with E-state index in [1.807, 2.05) is 43.7 Å². The highest BCUT2D eigenvalue weighted by Crippen LogP contribution is 2.23. The number of imidazole rings is 1. The van der Waals surface area contributed by atoms with Crippen molar-refractivity contribution in [2.75, 3.05) is 6.61 Å². The van der Waals surface area contributed by atoms with E-state index in [9.17, 15) is 0 Å². The number of nitrogens with zero attached hydrogens (tertiary/aromatic N) is 2. The molecule has 0 bridgehead atoms. The molecule has 0 aliphatic carbocycles. The van der Waals surface area contributed by atoms with Gasteiger partial charge in [0.15, 0.2) is 0 Å². The van der Waals surface area contributed by atoms with Gasteiger partial charge >= 0.3 is 0 Å². The van der Waals surface area contributed by atoms with Crippen molar-refractivity contribution in [1.29, 1.82) is 0 Å². The average molecular weight is 216 g/mol. The largest absolute Gasteiger partial charge is 0.479 e. The third kappa shape index (κ3) is 2.34. The smallest absolute Gasteiger partial charge is 0.148 e. The summed E-state index contributed by atoms with van der Waals surface area (Å²) in [5.74, 6) is 3.22. The number of hydrogen-bond donors (Lipinski definition) is 0. The standard InChI is InChI=1S/C11H10N2O.C2H6/c1-3-7-14-10-6-4-5-9-11(10)13(2)8-12-9;1-2/h1,4-6,8H,7H2,2H3;1-2H3. The Bertz CT molecular complexity index is 494. The molecule has 0 radical (unpaired) electrons. The fourth-order valence-corrected chi connectivity index (χ4v) is 1.41. The van der Waals surface area contributed by atoms with Crippen LogP contribution in [0.1, 0.15) is 13.8 Å². The van der Waals surface area contributed by atoms with E-state index in [-0.39, 0.29) is 6.61 Å². The second-order valence-electron chi connectivity index (χ2n) is 2.97. The molecule has 84 valence electrons. The minimum atomic E-state index is 0.282. The first-order valence-corrected chi connectivity index (χ1v) is 5.29. The number of fused-ring (bicyclic) bond motifs is 1. The van der Waals surface area contributed by atoms with Gasteiger partial charge in [0.05, 0.1) is 11.8 Å². The predicted molar refractivity (Wildman–Crippen MR) is 66.4 cm³/mol. The highest BCUT2D eigenvalue weighted by Gasteiger charge is 2.05. The zero-order valence-corrected chi connectivity index (χ0v) is 9.90.